The number of carbonyl (C=O) groups is 2. The van der Waals surface area contributed by atoms with Crippen LogP contribution in [0.1, 0.15) is 98.1 Å². The Morgan fingerprint density at radius 1 is 0.696 bits per heavy atom. The number of allylic oxidation sites excluding steroid dienone is 3. The number of aromatic nitrogens is 4. The predicted octanol–water partition coefficient (Wildman–Crippen LogP) is 6.29. The average Bonchev–Trinajstić information content (AvgIpc) is 3.67. The number of rotatable bonds is 8. The Balaban J connectivity index is 1.92. The Hall–Kier alpha value is -4.54. The smallest absolute Gasteiger partial charge is 0.305 e. The summed E-state index contributed by atoms with van der Waals surface area (Å²) in [7, 11) is 2.75. The van der Waals surface area contributed by atoms with Crippen molar-refractivity contribution in [2.75, 3.05) is 14.2 Å². The monoisotopic (exact) mass is 626 g/mol. The van der Waals surface area contributed by atoms with Crippen LogP contribution in [0.5, 0.6) is 0 Å². The molecule has 3 aromatic rings. The van der Waals surface area contributed by atoms with Gasteiger partial charge in [-0.1, -0.05) is 0 Å². The molecule has 5 rings (SSSR count). The van der Waals surface area contributed by atoms with Crippen molar-refractivity contribution in [2.45, 2.75) is 79.4 Å². The third-order valence-corrected chi connectivity index (χ3v) is 9.08. The van der Waals surface area contributed by atoms with Crippen LogP contribution in [0.2, 0.25) is 0 Å². The zero-order chi connectivity index (χ0) is 33.4. The topological polar surface area (TPSA) is 150 Å². The van der Waals surface area contributed by atoms with E-state index in [1.165, 1.54) is 14.2 Å². The molecule has 5 heterocycles. The molecule has 10 nitrogen and oxygen atoms in total. The largest absolute Gasteiger partial charge is 0.469 e. The van der Waals surface area contributed by atoms with Crippen molar-refractivity contribution in [3.8, 4) is 0 Å². The second-order valence-electron chi connectivity index (χ2n) is 12.0. The molecule has 242 valence electrons. The first-order valence-electron chi connectivity index (χ1n) is 15.5. The first kappa shape index (κ1) is 32.8. The quantitative estimate of drug-likeness (QED) is 0.213. The molecule has 0 aromatic carbocycles. The summed E-state index contributed by atoms with van der Waals surface area (Å²) in [4.78, 5) is 41.4. The van der Waals surface area contributed by atoms with Crippen molar-refractivity contribution >= 4 is 56.3 Å². The van der Waals surface area contributed by atoms with Crippen LogP contribution in [0.4, 0.5) is 0 Å². The number of fused-ring (bicyclic) bond motifs is 8. The van der Waals surface area contributed by atoms with Crippen LogP contribution in [0.15, 0.2) is 24.3 Å². The molecule has 0 aliphatic carbocycles. The Bertz CT molecular complexity index is 1960. The van der Waals surface area contributed by atoms with Gasteiger partial charge in [-0.25, -0.2) is 9.97 Å². The van der Waals surface area contributed by atoms with Crippen LogP contribution < -0.4 is 0 Å². The minimum Gasteiger partial charge on any atom is -0.469 e. The third kappa shape index (κ3) is 6.15. The number of nitrogens with one attached hydrogen (secondary N) is 2. The summed E-state index contributed by atoms with van der Waals surface area (Å²) in [6.07, 6.45) is -0.267. The highest BCUT2D eigenvalue weighted by atomic mass is 16.5. The van der Waals surface area contributed by atoms with Gasteiger partial charge in [0.1, 0.15) is 0 Å². The minimum absolute atomic E-state index is 0.195. The van der Waals surface area contributed by atoms with Crippen LogP contribution in [-0.4, -0.2) is 62.4 Å². The maximum atomic E-state index is 12.2. The van der Waals surface area contributed by atoms with E-state index in [-0.39, 0.29) is 24.8 Å². The normalized spacial score (nSPS) is 14.5. The van der Waals surface area contributed by atoms with Gasteiger partial charge < -0.3 is 29.7 Å². The van der Waals surface area contributed by atoms with E-state index in [1.807, 2.05) is 52.0 Å². The van der Waals surface area contributed by atoms with Gasteiger partial charge in [0.05, 0.1) is 49.2 Å². The second kappa shape index (κ2) is 13.1. The number of aromatic amines is 2. The Morgan fingerprint density at radius 2 is 1.22 bits per heavy atom. The third-order valence-electron chi connectivity index (χ3n) is 9.08. The van der Waals surface area contributed by atoms with Gasteiger partial charge in [-0.05, 0) is 112 Å². The Morgan fingerprint density at radius 3 is 1.85 bits per heavy atom. The number of ether oxygens (including phenoxy) is 2. The second-order valence-corrected chi connectivity index (χ2v) is 12.0. The van der Waals surface area contributed by atoms with E-state index in [4.69, 9.17) is 19.4 Å². The van der Waals surface area contributed by atoms with E-state index >= 15 is 0 Å². The van der Waals surface area contributed by atoms with Gasteiger partial charge in [-0.2, -0.15) is 0 Å². The lowest BCUT2D eigenvalue weighted by molar-refractivity contribution is -0.141. The lowest BCUT2D eigenvalue weighted by Gasteiger charge is -2.07. The Kier molecular flexibility index (Phi) is 9.32. The van der Waals surface area contributed by atoms with E-state index in [0.717, 1.165) is 66.7 Å². The molecule has 0 radical (unpaired) electrons. The number of hydrogen-bond acceptors (Lipinski definition) is 8. The van der Waals surface area contributed by atoms with Gasteiger partial charge in [0.2, 0.25) is 0 Å². The van der Waals surface area contributed by atoms with Crippen molar-refractivity contribution in [3.05, 3.63) is 69.3 Å². The standard InChI is InChI=1S/C36H42N4O6/c1-17-23(9-11-33(43)45-7)29-16-30-24(10-12-34(44)46-8)18(2)26(38-30)14-31-36(22(6)42)20(4)28(40-31)15-32-35(21(5)41)19(3)27(39-32)13-25(17)37-29/h13-16,21-22,38-39,41-42H,9-12H2,1-8H3. The molecule has 46 heavy (non-hydrogen) atoms. The molecular formula is C36H42N4O6. The van der Waals surface area contributed by atoms with Crippen molar-refractivity contribution in [1.29, 1.82) is 0 Å². The minimum atomic E-state index is -0.777. The molecule has 0 fully saturated rings. The van der Waals surface area contributed by atoms with E-state index in [9.17, 15) is 19.8 Å². The fraction of sp³-hybridized carbons (Fsp3) is 0.389. The SMILES string of the molecule is COC(=O)CCC1=C(C)c2cc3[nH]c(cc4nc(cc5[nH]c(cc1n2)c(CCC(=O)OC)c5C)C(C(C)O)=C4C)c(C(C)O)c3C. The number of H-pyrrole nitrogens is 2. The van der Waals surface area contributed by atoms with Crippen LogP contribution in [0.25, 0.3) is 44.4 Å². The molecule has 10 heteroatoms. The first-order chi connectivity index (χ1) is 21.8. The van der Waals surface area contributed by atoms with Gasteiger partial charge >= 0.3 is 11.9 Å². The molecule has 2 unspecified atom stereocenters. The predicted molar refractivity (Wildman–Crippen MR) is 179 cm³/mol. The summed E-state index contributed by atoms with van der Waals surface area (Å²) in [5, 5.41) is 21.7. The molecule has 0 saturated carbocycles. The number of methoxy groups -OCH3 is 2. The zero-order valence-corrected chi connectivity index (χ0v) is 27.7. The van der Waals surface area contributed by atoms with Crippen LogP contribution in [-0.2, 0) is 25.5 Å². The van der Waals surface area contributed by atoms with Crippen molar-refractivity contribution in [1.82, 2.24) is 19.9 Å². The molecule has 8 bridgehead atoms. The number of carbonyl (C=O) groups excluding carboxylic acids is 2. The highest BCUT2D eigenvalue weighted by Crippen LogP contribution is 2.37. The molecule has 4 N–H and O–H groups in total. The van der Waals surface area contributed by atoms with Crippen molar-refractivity contribution < 1.29 is 29.3 Å². The molecule has 0 saturated heterocycles. The van der Waals surface area contributed by atoms with E-state index in [1.54, 1.807) is 13.8 Å². The summed E-state index contributed by atoms with van der Waals surface area (Å²) in [5.41, 5.74) is 12.7. The summed E-state index contributed by atoms with van der Waals surface area (Å²) in [6, 6.07) is 7.77. The number of aryl methyl sites for hydroxylation is 3. The molecule has 2 aliphatic rings. The van der Waals surface area contributed by atoms with E-state index in [0.29, 0.717) is 35.5 Å². The van der Waals surface area contributed by atoms with Gasteiger partial charge in [-0.3, -0.25) is 9.59 Å². The average molecular weight is 627 g/mol. The molecule has 2 aliphatic heterocycles. The summed E-state index contributed by atoms with van der Waals surface area (Å²) in [6.45, 7) is 11.3. The number of hydrogen-bond donors (Lipinski definition) is 4. The van der Waals surface area contributed by atoms with Crippen LogP contribution in [0, 0.1) is 13.8 Å². The van der Waals surface area contributed by atoms with Crippen molar-refractivity contribution in [2.24, 2.45) is 0 Å². The Labute approximate surface area is 268 Å². The lowest BCUT2D eigenvalue weighted by Crippen LogP contribution is -2.03. The highest BCUT2D eigenvalue weighted by molar-refractivity contribution is 5.96. The van der Waals surface area contributed by atoms with E-state index < -0.39 is 12.2 Å². The number of aliphatic hydroxyl groups excluding tert-OH is 2. The van der Waals surface area contributed by atoms with Gasteiger partial charge in [-0.15, -0.1) is 0 Å². The van der Waals surface area contributed by atoms with Gasteiger partial charge in [0, 0.05) is 46.0 Å². The first-order valence-corrected chi connectivity index (χ1v) is 15.5. The van der Waals surface area contributed by atoms with Crippen molar-refractivity contribution in [3.63, 3.8) is 0 Å². The number of aliphatic hydroxyl groups is 2. The molecule has 3 aromatic heterocycles. The van der Waals surface area contributed by atoms with Gasteiger partial charge in [0.25, 0.3) is 0 Å². The fourth-order valence-electron chi connectivity index (χ4n) is 6.51. The summed E-state index contributed by atoms with van der Waals surface area (Å²) >= 11 is 0. The maximum absolute atomic E-state index is 12.2. The lowest BCUT2D eigenvalue weighted by atomic mass is 9.99. The van der Waals surface area contributed by atoms with Crippen LogP contribution >= 0.6 is 0 Å². The fourth-order valence-corrected chi connectivity index (χ4v) is 6.51. The molecular weight excluding hydrogens is 584 g/mol. The summed E-state index contributed by atoms with van der Waals surface area (Å²) in [5.74, 6) is -0.621. The molecule has 0 spiro atoms. The van der Waals surface area contributed by atoms with Crippen LogP contribution in [0.3, 0.4) is 0 Å². The highest BCUT2D eigenvalue weighted by Gasteiger charge is 2.24. The maximum Gasteiger partial charge on any atom is 0.305 e. The number of nitrogens with zero attached hydrogens (tertiary/aromatic N) is 2. The number of esters is 2. The van der Waals surface area contributed by atoms with Gasteiger partial charge in [0.15, 0.2) is 0 Å². The zero-order valence-electron chi connectivity index (χ0n) is 27.7. The summed E-state index contributed by atoms with van der Waals surface area (Å²) < 4.78 is 9.87. The van der Waals surface area contributed by atoms with E-state index in [2.05, 4.69) is 9.97 Å². The molecule has 0 amide bonds. The molecule has 2 atom stereocenters.